The van der Waals surface area contributed by atoms with Crippen LogP contribution in [0.25, 0.3) is 5.65 Å². The SMILES string of the molecule is CSC1(CNCc2cnc3cc(C)nn3c2)CCCC1. The van der Waals surface area contributed by atoms with Crippen molar-refractivity contribution in [2.45, 2.75) is 43.9 Å². The molecule has 1 N–H and O–H groups in total. The first kappa shape index (κ1) is 13.9. The Morgan fingerprint density at radius 2 is 2.20 bits per heavy atom. The average Bonchev–Trinajstić information content (AvgIpc) is 3.04. The summed E-state index contributed by atoms with van der Waals surface area (Å²) < 4.78 is 2.33. The Balaban J connectivity index is 1.62. The molecule has 2 aromatic rings. The molecule has 0 spiro atoms. The van der Waals surface area contributed by atoms with Crippen molar-refractivity contribution in [3.05, 3.63) is 29.7 Å². The van der Waals surface area contributed by atoms with Crippen LogP contribution in [-0.4, -0.2) is 32.1 Å². The molecule has 2 aromatic heterocycles. The molecule has 2 heterocycles. The molecule has 20 heavy (non-hydrogen) atoms. The fourth-order valence-electron chi connectivity index (χ4n) is 3.03. The van der Waals surface area contributed by atoms with Crippen molar-refractivity contribution < 1.29 is 0 Å². The molecule has 0 unspecified atom stereocenters. The Bertz CT molecular complexity index is 587. The number of hydrogen-bond acceptors (Lipinski definition) is 4. The van der Waals surface area contributed by atoms with Crippen molar-refractivity contribution in [3.8, 4) is 0 Å². The minimum atomic E-state index is 0.458. The Morgan fingerprint density at radius 3 is 2.95 bits per heavy atom. The van der Waals surface area contributed by atoms with Crippen LogP contribution in [0, 0.1) is 6.92 Å². The van der Waals surface area contributed by atoms with Crippen molar-refractivity contribution in [1.29, 1.82) is 0 Å². The molecular weight excluding hydrogens is 268 g/mol. The minimum Gasteiger partial charge on any atom is -0.311 e. The molecule has 4 nitrogen and oxygen atoms in total. The molecule has 1 saturated carbocycles. The third kappa shape index (κ3) is 2.83. The lowest BCUT2D eigenvalue weighted by Crippen LogP contribution is -2.34. The molecule has 0 radical (unpaired) electrons. The highest BCUT2D eigenvalue weighted by Crippen LogP contribution is 2.39. The van der Waals surface area contributed by atoms with Crippen LogP contribution in [0.3, 0.4) is 0 Å². The first-order valence-corrected chi connectivity index (χ1v) is 8.50. The van der Waals surface area contributed by atoms with E-state index in [4.69, 9.17) is 0 Å². The second-order valence-corrected chi connectivity index (χ2v) is 7.02. The van der Waals surface area contributed by atoms with Gasteiger partial charge in [-0.3, -0.25) is 0 Å². The number of hydrogen-bond donors (Lipinski definition) is 1. The van der Waals surface area contributed by atoms with Crippen LogP contribution in [0.5, 0.6) is 0 Å². The van der Waals surface area contributed by atoms with Crippen LogP contribution in [0.4, 0.5) is 0 Å². The average molecular weight is 290 g/mol. The number of aryl methyl sites for hydroxylation is 1. The van der Waals surface area contributed by atoms with E-state index < -0.39 is 0 Å². The number of nitrogens with one attached hydrogen (secondary N) is 1. The van der Waals surface area contributed by atoms with Gasteiger partial charge >= 0.3 is 0 Å². The van der Waals surface area contributed by atoms with E-state index in [2.05, 4.69) is 27.9 Å². The number of fused-ring (bicyclic) bond motifs is 1. The molecule has 0 atom stereocenters. The molecule has 0 aliphatic heterocycles. The fraction of sp³-hybridized carbons (Fsp3) is 0.600. The molecular formula is C15H22N4S. The second kappa shape index (κ2) is 5.74. The quantitative estimate of drug-likeness (QED) is 0.919. The molecule has 3 rings (SSSR count). The van der Waals surface area contributed by atoms with E-state index in [-0.39, 0.29) is 0 Å². The lowest BCUT2D eigenvalue weighted by Gasteiger charge is -2.27. The summed E-state index contributed by atoms with van der Waals surface area (Å²) in [5.41, 5.74) is 3.12. The Hall–Kier alpha value is -1.07. The van der Waals surface area contributed by atoms with Crippen molar-refractivity contribution in [3.63, 3.8) is 0 Å². The summed E-state index contributed by atoms with van der Waals surface area (Å²) in [5.74, 6) is 0. The zero-order valence-corrected chi connectivity index (χ0v) is 13.0. The van der Waals surface area contributed by atoms with Gasteiger partial charge in [-0.1, -0.05) is 12.8 Å². The molecule has 0 aromatic carbocycles. The number of aromatic nitrogens is 3. The van der Waals surface area contributed by atoms with Gasteiger partial charge in [0.2, 0.25) is 0 Å². The maximum absolute atomic E-state index is 4.45. The third-order valence-corrected chi connectivity index (χ3v) is 5.63. The van der Waals surface area contributed by atoms with Crippen LogP contribution in [-0.2, 0) is 6.54 Å². The van der Waals surface area contributed by atoms with Gasteiger partial charge in [0.25, 0.3) is 0 Å². The summed E-state index contributed by atoms with van der Waals surface area (Å²) >= 11 is 2.03. The largest absolute Gasteiger partial charge is 0.311 e. The maximum atomic E-state index is 4.45. The van der Waals surface area contributed by atoms with E-state index in [0.717, 1.165) is 24.4 Å². The molecule has 5 heteroatoms. The normalized spacial score (nSPS) is 17.9. The van der Waals surface area contributed by atoms with Crippen LogP contribution in [0.1, 0.15) is 36.9 Å². The van der Waals surface area contributed by atoms with Crippen molar-refractivity contribution >= 4 is 17.4 Å². The highest BCUT2D eigenvalue weighted by atomic mass is 32.2. The molecule has 0 saturated heterocycles. The van der Waals surface area contributed by atoms with Crippen molar-refractivity contribution in [2.24, 2.45) is 0 Å². The molecule has 0 amide bonds. The van der Waals surface area contributed by atoms with Gasteiger partial charge in [-0.15, -0.1) is 0 Å². The first-order valence-electron chi connectivity index (χ1n) is 7.28. The number of rotatable bonds is 5. The van der Waals surface area contributed by atoms with Gasteiger partial charge in [-0.05, 0) is 26.0 Å². The van der Waals surface area contributed by atoms with Crippen molar-refractivity contribution in [1.82, 2.24) is 19.9 Å². The van der Waals surface area contributed by atoms with Crippen LogP contribution < -0.4 is 5.32 Å². The monoisotopic (exact) mass is 290 g/mol. The van der Waals surface area contributed by atoms with Crippen molar-refractivity contribution in [2.75, 3.05) is 12.8 Å². The summed E-state index contributed by atoms with van der Waals surface area (Å²) in [6, 6.07) is 2.00. The van der Waals surface area contributed by atoms with E-state index in [0.29, 0.717) is 4.75 Å². The lowest BCUT2D eigenvalue weighted by molar-refractivity contribution is 0.532. The highest BCUT2D eigenvalue weighted by Gasteiger charge is 2.32. The number of thioether (sulfide) groups is 1. The summed E-state index contributed by atoms with van der Waals surface area (Å²) in [4.78, 5) is 4.45. The number of nitrogens with zero attached hydrogens (tertiary/aromatic N) is 3. The Morgan fingerprint density at radius 1 is 1.40 bits per heavy atom. The molecule has 108 valence electrons. The van der Waals surface area contributed by atoms with Gasteiger partial charge in [-0.25, -0.2) is 9.50 Å². The third-order valence-electron chi connectivity index (χ3n) is 4.21. The Kier molecular flexibility index (Phi) is 3.98. The van der Waals surface area contributed by atoms with Gasteiger partial charge < -0.3 is 5.32 Å². The summed E-state index contributed by atoms with van der Waals surface area (Å²) in [6.07, 6.45) is 11.7. The standard InChI is InChI=1S/C15H22N4S/c1-12-7-14-17-9-13(10-19(14)18-12)8-16-11-15(20-2)5-3-4-6-15/h7,9-10,16H,3-6,8,11H2,1-2H3. The van der Waals surface area contributed by atoms with Crippen LogP contribution >= 0.6 is 11.8 Å². The molecule has 1 aliphatic rings. The fourth-order valence-corrected chi connectivity index (χ4v) is 3.98. The second-order valence-electron chi connectivity index (χ2n) is 5.75. The smallest absolute Gasteiger partial charge is 0.155 e. The van der Waals surface area contributed by atoms with E-state index in [1.54, 1.807) is 0 Å². The van der Waals surface area contributed by atoms with Crippen LogP contribution in [0.15, 0.2) is 18.5 Å². The van der Waals surface area contributed by atoms with E-state index in [1.807, 2.05) is 35.5 Å². The summed E-state index contributed by atoms with van der Waals surface area (Å²) in [5, 5.41) is 8.02. The maximum Gasteiger partial charge on any atom is 0.155 e. The van der Waals surface area contributed by atoms with Gasteiger partial charge in [0.1, 0.15) is 0 Å². The summed E-state index contributed by atoms with van der Waals surface area (Å²) in [6.45, 7) is 3.95. The van der Waals surface area contributed by atoms with Crippen LogP contribution in [0.2, 0.25) is 0 Å². The van der Waals surface area contributed by atoms with Gasteiger partial charge in [-0.2, -0.15) is 16.9 Å². The first-order chi connectivity index (χ1) is 9.71. The lowest BCUT2D eigenvalue weighted by atomic mass is 10.1. The van der Waals surface area contributed by atoms with E-state index in [1.165, 1.54) is 31.2 Å². The van der Waals surface area contributed by atoms with E-state index in [9.17, 15) is 0 Å². The predicted molar refractivity (Wildman–Crippen MR) is 84.1 cm³/mol. The molecule has 0 bridgehead atoms. The molecule has 1 aliphatic carbocycles. The minimum absolute atomic E-state index is 0.458. The highest BCUT2D eigenvalue weighted by molar-refractivity contribution is 8.00. The van der Waals surface area contributed by atoms with Gasteiger partial charge in [0.05, 0.1) is 5.69 Å². The van der Waals surface area contributed by atoms with Gasteiger partial charge in [0.15, 0.2) is 5.65 Å². The zero-order valence-electron chi connectivity index (χ0n) is 12.2. The predicted octanol–water partition coefficient (Wildman–Crippen LogP) is 2.80. The molecule has 1 fully saturated rings. The summed E-state index contributed by atoms with van der Waals surface area (Å²) in [7, 11) is 0. The van der Waals surface area contributed by atoms with Gasteiger partial charge in [0, 0.05) is 41.9 Å². The van der Waals surface area contributed by atoms with E-state index >= 15 is 0 Å². The Labute approximate surface area is 124 Å². The zero-order chi connectivity index (χ0) is 14.0. The topological polar surface area (TPSA) is 42.2 Å².